The number of piperazine rings is 1. The van der Waals surface area contributed by atoms with Crippen LogP contribution < -0.4 is 4.90 Å². The Balaban J connectivity index is 1.58. The smallest absolute Gasteiger partial charge is 0.129 e. The molecule has 134 valence electrons. The van der Waals surface area contributed by atoms with Gasteiger partial charge in [0.1, 0.15) is 11.6 Å². The van der Waals surface area contributed by atoms with Gasteiger partial charge in [-0.15, -0.1) is 0 Å². The van der Waals surface area contributed by atoms with Crippen LogP contribution in [-0.2, 0) is 4.74 Å². The van der Waals surface area contributed by atoms with Gasteiger partial charge in [-0.1, -0.05) is 13.3 Å². The molecule has 0 saturated carbocycles. The molecule has 25 heavy (non-hydrogen) atoms. The van der Waals surface area contributed by atoms with Crippen LogP contribution in [-0.4, -0.2) is 54.8 Å². The zero-order chi connectivity index (χ0) is 17.4. The SMILES string of the molecule is CCC[C@H]1COC[C@H]2CN(c3cc(C)c4ccc(F)cc4n3)CCN12. The van der Waals surface area contributed by atoms with Gasteiger partial charge < -0.3 is 9.64 Å². The van der Waals surface area contributed by atoms with Crippen LogP contribution in [0.2, 0.25) is 0 Å². The van der Waals surface area contributed by atoms with E-state index in [-0.39, 0.29) is 5.82 Å². The van der Waals surface area contributed by atoms with E-state index in [1.807, 2.05) is 6.07 Å². The summed E-state index contributed by atoms with van der Waals surface area (Å²) in [6, 6.07) is 7.95. The molecule has 0 unspecified atom stereocenters. The Labute approximate surface area is 148 Å². The maximum absolute atomic E-state index is 13.6. The number of aryl methyl sites for hydroxylation is 1. The minimum absolute atomic E-state index is 0.232. The van der Waals surface area contributed by atoms with Crippen molar-refractivity contribution in [2.24, 2.45) is 0 Å². The topological polar surface area (TPSA) is 28.6 Å². The summed E-state index contributed by atoms with van der Waals surface area (Å²) in [4.78, 5) is 9.69. The summed E-state index contributed by atoms with van der Waals surface area (Å²) in [5, 5.41) is 1.02. The molecule has 0 N–H and O–H groups in total. The third-order valence-corrected chi connectivity index (χ3v) is 5.53. The highest BCUT2D eigenvalue weighted by atomic mass is 19.1. The number of rotatable bonds is 3. The number of morpholine rings is 1. The van der Waals surface area contributed by atoms with Gasteiger partial charge in [-0.2, -0.15) is 0 Å². The molecule has 0 bridgehead atoms. The van der Waals surface area contributed by atoms with Gasteiger partial charge in [-0.25, -0.2) is 9.37 Å². The first-order chi connectivity index (χ1) is 12.2. The van der Waals surface area contributed by atoms with Crippen LogP contribution in [0.25, 0.3) is 10.9 Å². The lowest BCUT2D eigenvalue weighted by atomic mass is 10.0. The van der Waals surface area contributed by atoms with Crippen molar-refractivity contribution >= 4 is 16.7 Å². The Morgan fingerprint density at radius 2 is 2.12 bits per heavy atom. The van der Waals surface area contributed by atoms with Gasteiger partial charge in [-0.3, -0.25) is 4.90 Å². The van der Waals surface area contributed by atoms with Crippen molar-refractivity contribution in [2.75, 3.05) is 37.7 Å². The number of halogens is 1. The number of ether oxygens (including phenoxy) is 1. The Hall–Kier alpha value is -1.72. The number of hydrogen-bond donors (Lipinski definition) is 0. The van der Waals surface area contributed by atoms with E-state index >= 15 is 0 Å². The van der Waals surface area contributed by atoms with Gasteiger partial charge in [0.2, 0.25) is 0 Å². The second kappa shape index (κ2) is 6.89. The highest BCUT2D eigenvalue weighted by molar-refractivity contribution is 5.84. The van der Waals surface area contributed by atoms with Crippen molar-refractivity contribution in [3.05, 3.63) is 35.6 Å². The fraction of sp³-hybridized carbons (Fsp3) is 0.550. The Bertz CT molecular complexity index is 764. The molecule has 1 aromatic carbocycles. The summed E-state index contributed by atoms with van der Waals surface area (Å²) in [7, 11) is 0. The van der Waals surface area contributed by atoms with Crippen LogP contribution in [0.3, 0.4) is 0 Å². The molecule has 4 rings (SSSR count). The molecule has 0 amide bonds. The van der Waals surface area contributed by atoms with Gasteiger partial charge in [0.25, 0.3) is 0 Å². The molecule has 2 aromatic rings. The molecule has 2 saturated heterocycles. The standard InChI is InChI=1S/C20H26FN3O/c1-3-4-16-12-25-13-17-11-23(7-8-24(16)17)20-9-14(2)18-6-5-15(21)10-19(18)22-20/h5-6,9-10,16-17H,3-4,7-8,11-13H2,1-2H3/t16-,17+/m0/s1. The van der Waals surface area contributed by atoms with E-state index in [1.54, 1.807) is 0 Å². The predicted molar refractivity (Wildman–Crippen MR) is 98.7 cm³/mol. The first-order valence-corrected chi connectivity index (χ1v) is 9.31. The van der Waals surface area contributed by atoms with Crippen molar-refractivity contribution in [2.45, 2.75) is 38.8 Å². The highest BCUT2D eigenvalue weighted by Gasteiger charge is 2.35. The van der Waals surface area contributed by atoms with Gasteiger partial charge in [0.05, 0.1) is 24.8 Å². The molecule has 0 aliphatic carbocycles. The van der Waals surface area contributed by atoms with E-state index < -0.39 is 0 Å². The molecular weight excluding hydrogens is 317 g/mol. The average molecular weight is 343 g/mol. The second-order valence-corrected chi connectivity index (χ2v) is 7.28. The van der Waals surface area contributed by atoms with Crippen LogP contribution in [0.4, 0.5) is 10.2 Å². The molecule has 2 aliphatic rings. The van der Waals surface area contributed by atoms with Gasteiger partial charge in [0.15, 0.2) is 0 Å². The van der Waals surface area contributed by atoms with E-state index in [9.17, 15) is 4.39 Å². The third-order valence-electron chi connectivity index (χ3n) is 5.53. The van der Waals surface area contributed by atoms with E-state index in [2.05, 4.69) is 29.7 Å². The number of aromatic nitrogens is 1. The van der Waals surface area contributed by atoms with Crippen LogP contribution >= 0.6 is 0 Å². The third kappa shape index (κ3) is 3.23. The monoisotopic (exact) mass is 343 g/mol. The first kappa shape index (κ1) is 16.7. The summed E-state index contributed by atoms with van der Waals surface area (Å²) < 4.78 is 19.5. The zero-order valence-electron chi connectivity index (χ0n) is 15.0. The van der Waals surface area contributed by atoms with Crippen molar-refractivity contribution in [1.82, 2.24) is 9.88 Å². The van der Waals surface area contributed by atoms with Crippen LogP contribution in [0.5, 0.6) is 0 Å². The summed E-state index contributed by atoms with van der Waals surface area (Å²) in [5.74, 6) is 0.720. The quantitative estimate of drug-likeness (QED) is 0.854. The second-order valence-electron chi connectivity index (χ2n) is 7.28. The molecule has 4 nitrogen and oxygen atoms in total. The largest absolute Gasteiger partial charge is 0.378 e. The molecule has 0 spiro atoms. The van der Waals surface area contributed by atoms with Crippen molar-refractivity contribution in [3.8, 4) is 0 Å². The minimum atomic E-state index is -0.232. The fourth-order valence-electron chi connectivity index (χ4n) is 4.24. The lowest BCUT2D eigenvalue weighted by Crippen LogP contribution is -2.62. The highest BCUT2D eigenvalue weighted by Crippen LogP contribution is 2.27. The van der Waals surface area contributed by atoms with Gasteiger partial charge in [0, 0.05) is 37.1 Å². The summed E-state index contributed by atoms with van der Waals surface area (Å²) in [6.07, 6.45) is 2.39. The van der Waals surface area contributed by atoms with Crippen LogP contribution in [0.15, 0.2) is 24.3 Å². The number of benzene rings is 1. The molecule has 2 fully saturated rings. The number of fused-ring (bicyclic) bond motifs is 2. The Morgan fingerprint density at radius 1 is 1.24 bits per heavy atom. The summed E-state index contributed by atoms with van der Waals surface area (Å²) in [5.41, 5.74) is 1.88. The number of anilines is 1. The van der Waals surface area contributed by atoms with Crippen molar-refractivity contribution in [1.29, 1.82) is 0 Å². The average Bonchev–Trinajstić information content (AvgIpc) is 2.61. The van der Waals surface area contributed by atoms with Crippen molar-refractivity contribution in [3.63, 3.8) is 0 Å². The number of hydrogen-bond acceptors (Lipinski definition) is 4. The van der Waals surface area contributed by atoms with Crippen LogP contribution in [0, 0.1) is 12.7 Å². The predicted octanol–water partition coefficient (Wildman–Crippen LogP) is 3.37. The molecule has 5 heteroatoms. The zero-order valence-corrected chi connectivity index (χ0v) is 15.0. The van der Waals surface area contributed by atoms with Gasteiger partial charge in [-0.05, 0) is 37.1 Å². The molecular formula is C20H26FN3O. The normalized spacial score (nSPS) is 24.5. The fourth-order valence-corrected chi connectivity index (χ4v) is 4.24. The lowest BCUT2D eigenvalue weighted by Gasteiger charge is -2.48. The molecule has 2 aliphatic heterocycles. The van der Waals surface area contributed by atoms with E-state index in [0.29, 0.717) is 12.1 Å². The van der Waals surface area contributed by atoms with E-state index in [0.717, 1.165) is 55.1 Å². The van der Waals surface area contributed by atoms with Crippen LogP contribution in [0.1, 0.15) is 25.3 Å². The van der Waals surface area contributed by atoms with Gasteiger partial charge >= 0.3 is 0 Å². The molecule has 3 heterocycles. The molecule has 2 atom stereocenters. The minimum Gasteiger partial charge on any atom is -0.378 e. The lowest BCUT2D eigenvalue weighted by molar-refractivity contribution is -0.0558. The Kier molecular flexibility index (Phi) is 4.61. The van der Waals surface area contributed by atoms with E-state index in [4.69, 9.17) is 9.72 Å². The maximum Gasteiger partial charge on any atom is 0.129 e. The first-order valence-electron chi connectivity index (χ1n) is 9.31. The summed E-state index contributed by atoms with van der Waals surface area (Å²) >= 11 is 0. The van der Waals surface area contributed by atoms with Crippen molar-refractivity contribution < 1.29 is 9.13 Å². The number of pyridine rings is 1. The number of nitrogens with zero attached hydrogens (tertiary/aromatic N) is 3. The molecule has 0 radical (unpaired) electrons. The Morgan fingerprint density at radius 3 is 2.96 bits per heavy atom. The maximum atomic E-state index is 13.6. The summed E-state index contributed by atoms with van der Waals surface area (Å²) in [6.45, 7) is 8.89. The molecule has 1 aromatic heterocycles. The van der Waals surface area contributed by atoms with E-state index in [1.165, 1.54) is 25.0 Å².